The quantitative estimate of drug-likeness (QED) is 0.665. The minimum atomic E-state index is -0.714. The molecule has 0 saturated carbocycles. The van der Waals surface area contributed by atoms with Crippen molar-refractivity contribution >= 4 is 23.4 Å². The fourth-order valence-electron chi connectivity index (χ4n) is 3.71. The van der Waals surface area contributed by atoms with E-state index in [0.29, 0.717) is 44.8 Å². The topological polar surface area (TPSA) is 70.2 Å². The number of amides is 3. The van der Waals surface area contributed by atoms with Gasteiger partial charge in [-0.25, -0.2) is 4.90 Å². The summed E-state index contributed by atoms with van der Waals surface area (Å²) in [6, 6.07) is 6.59. The Bertz CT molecular complexity index is 713. The van der Waals surface area contributed by atoms with Gasteiger partial charge in [0.1, 0.15) is 6.04 Å². The number of carbonyl (C=O) groups is 3. The summed E-state index contributed by atoms with van der Waals surface area (Å²) in [6.07, 6.45) is 1.14. The number of anilines is 1. The van der Waals surface area contributed by atoms with Crippen LogP contribution in [0.4, 0.5) is 5.69 Å². The van der Waals surface area contributed by atoms with Crippen LogP contribution in [0.1, 0.15) is 31.7 Å². The van der Waals surface area contributed by atoms with Gasteiger partial charge in [0.2, 0.25) is 11.8 Å². The maximum Gasteiger partial charge on any atom is 0.257 e. The third-order valence-electron chi connectivity index (χ3n) is 5.34. The van der Waals surface area contributed by atoms with E-state index in [4.69, 9.17) is 4.74 Å². The van der Waals surface area contributed by atoms with Gasteiger partial charge in [0.05, 0.1) is 25.3 Å². The van der Waals surface area contributed by atoms with Crippen LogP contribution in [-0.2, 0) is 19.1 Å². The minimum absolute atomic E-state index is 0.0469. The van der Waals surface area contributed by atoms with Gasteiger partial charge in [0, 0.05) is 32.6 Å². The molecule has 7 heteroatoms. The molecule has 0 aliphatic carbocycles. The molecule has 1 aromatic rings. The zero-order valence-electron chi connectivity index (χ0n) is 16.7. The number of imide groups is 1. The predicted octanol–water partition coefficient (Wildman–Crippen LogP) is 1.59. The van der Waals surface area contributed by atoms with E-state index in [1.54, 1.807) is 17.0 Å². The van der Waals surface area contributed by atoms with E-state index in [2.05, 4.69) is 4.90 Å². The first-order chi connectivity index (χ1) is 13.5. The first-order valence-corrected chi connectivity index (χ1v) is 10.0. The molecular weight excluding hydrogens is 358 g/mol. The molecule has 2 aliphatic heterocycles. The summed E-state index contributed by atoms with van der Waals surface area (Å²) < 4.78 is 5.37. The van der Waals surface area contributed by atoms with Crippen molar-refractivity contribution in [1.82, 2.24) is 9.80 Å². The van der Waals surface area contributed by atoms with E-state index in [0.717, 1.165) is 18.7 Å². The van der Waals surface area contributed by atoms with Crippen molar-refractivity contribution < 1.29 is 19.1 Å². The molecule has 3 rings (SSSR count). The van der Waals surface area contributed by atoms with Crippen LogP contribution in [0.2, 0.25) is 0 Å². The van der Waals surface area contributed by atoms with Gasteiger partial charge < -0.3 is 9.64 Å². The standard InChI is InChI=1S/C21H29N3O4/c1-3-4-19(25)23(10-9-22-11-13-28-14-12-22)18-15-20(26)24(21(18)27)17-7-5-16(2)6-8-17/h5-8,18H,3-4,9-15H2,1-2H3. The number of carbonyl (C=O) groups excluding carboxylic acids is 3. The summed E-state index contributed by atoms with van der Waals surface area (Å²) in [4.78, 5) is 43.5. The lowest BCUT2D eigenvalue weighted by Gasteiger charge is -2.32. The molecule has 0 N–H and O–H groups in total. The number of rotatable bonds is 7. The van der Waals surface area contributed by atoms with Gasteiger partial charge in [0.25, 0.3) is 5.91 Å². The first kappa shape index (κ1) is 20.5. The zero-order valence-corrected chi connectivity index (χ0v) is 16.7. The van der Waals surface area contributed by atoms with Crippen LogP contribution in [0, 0.1) is 6.92 Å². The lowest BCUT2D eigenvalue weighted by Crippen LogP contribution is -2.49. The molecule has 28 heavy (non-hydrogen) atoms. The number of hydrogen-bond donors (Lipinski definition) is 0. The maximum absolute atomic E-state index is 13.1. The molecule has 2 aliphatic rings. The molecule has 7 nitrogen and oxygen atoms in total. The SMILES string of the molecule is CCCC(=O)N(CCN1CCOCC1)C1CC(=O)N(c2ccc(C)cc2)C1=O. The van der Waals surface area contributed by atoms with Gasteiger partial charge in [-0.15, -0.1) is 0 Å². The molecule has 0 bridgehead atoms. The molecule has 1 atom stereocenters. The Hall–Kier alpha value is -2.25. The molecule has 0 radical (unpaired) electrons. The number of ether oxygens (including phenoxy) is 1. The van der Waals surface area contributed by atoms with Crippen LogP contribution in [-0.4, -0.2) is 73.0 Å². The monoisotopic (exact) mass is 387 g/mol. The van der Waals surface area contributed by atoms with Crippen molar-refractivity contribution in [3.05, 3.63) is 29.8 Å². The summed E-state index contributed by atoms with van der Waals surface area (Å²) in [6.45, 7) is 8.04. The number of morpholine rings is 1. The van der Waals surface area contributed by atoms with Gasteiger partial charge in [0.15, 0.2) is 0 Å². The second-order valence-corrected chi connectivity index (χ2v) is 7.41. The Morgan fingerprint density at radius 1 is 1.18 bits per heavy atom. The van der Waals surface area contributed by atoms with E-state index in [1.165, 1.54) is 4.90 Å². The van der Waals surface area contributed by atoms with Crippen molar-refractivity contribution in [3.8, 4) is 0 Å². The second-order valence-electron chi connectivity index (χ2n) is 7.41. The smallest absolute Gasteiger partial charge is 0.257 e. The highest BCUT2D eigenvalue weighted by molar-refractivity contribution is 6.23. The Kier molecular flexibility index (Phi) is 6.80. The summed E-state index contributed by atoms with van der Waals surface area (Å²) in [5, 5.41) is 0. The summed E-state index contributed by atoms with van der Waals surface area (Å²) >= 11 is 0. The molecule has 2 fully saturated rings. The third-order valence-corrected chi connectivity index (χ3v) is 5.34. The van der Waals surface area contributed by atoms with E-state index in [9.17, 15) is 14.4 Å². The van der Waals surface area contributed by atoms with Crippen LogP contribution < -0.4 is 4.90 Å². The highest BCUT2D eigenvalue weighted by atomic mass is 16.5. The Labute approximate surface area is 166 Å². The maximum atomic E-state index is 13.1. The Morgan fingerprint density at radius 2 is 1.86 bits per heavy atom. The number of nitrogens with zero attached hydrogens (tertiary/aromatic N) is 3. The molecule has 0 aromatic heterocycles. The largest absolute Gasteiger partial charge is 0.379 e. The van der Waals surface area contributed by atoms with Gasteiger partial charge in [-0.3, -0.25) is 19.3 Å². The van der Waals surface area contributed by atoms with Crippen LogP contribution in [0.15, 0.2) is 24.3 Å². The molecule has 2 saturated heterocycles. The van der Waals surface area contributed by atoms with E-state index in [1.807, 2.05) is 26.0 Å². The molecule has 3 amide bonds. The zero-order chi connectivity index (χ0) is 20.1. The molecule has 0 spiro atoms. The van der Waals surface area contributed by atoms with Crippen molar-refractivity contribution in [2.24, 2.45) is 0 Å². The molecule has 1 unspecified atom stereocenters. The Morgan fingerprint density at radius 3 is 2.50 bits per heavy atom. The number of benzene rings is 1. The fraction of sp³-hybridized carbons (Fsp3) is 0.571. The van der Waals surface area contributed by atoms with Gasteiger partial charge in [-0.1, -0.05) is 24.6 Å². The van der Waals surface area contributed by atoms with Gasteiger partial charge in [-0.05, 0) is 25.5 Å². The molecule has 1 aromatic carbocycles. The lowest BCUT2D eigenvalue weighted by molar-refractivity contribution is -0.138. The van der Waals surface area contributed by atoms with Crippen LogP contribution in [0.3, 0.4) is 0 Å². The van der Waals surface area contributed by atoms with Crippen LogP contribution in [0.5, 0.6) is 0 Å². The normalized spacial score (nSPS) is 20.6. The average molecular weight is 387 g/mol. The third kappa shape index (κ3) is 4.59. The van der Waals surface area contributed by atoms with Crippen molar-refractivity contribution in [2.45, 2.75) is 39.2 Å². The highest BCUT2D eigenvalue weighted by Crippen LogP contribution is 2.26. The van der Waals surface area contributed by atoms with E-state index >= 15 is 0 Å². The second kappa shape index (κ2) is 9.30. The molecule has 2 heterocycles. The number of aryl methyl sites for hydroxylation is 1. The Balaban J connectivity index is 1.75. The van der Waals surface area contributed by atoms with Crippen molar-refractivity contribution in [1.29, 1.82) is 0 Å². The predicted molar refractivity (Wildman–Crippen MR) is 106 cm³/mol. The fourth-order valence-corrected chi connectivity index (χ4v) is 3.71. The average Bonchev–Trinajstić information content (AvgIpc) is 2.98. The summed E-state index contributed by atoms with van der Waals surface area (Å²) in [5.74, 6) is -0.618. The minimum Gasteiger partial charge on any atom is -0.379 e. The lowest BCUT2D eigenvalue weighted by atomic mass is 10.1. The first-order valence-electron chi connectivity index (χ1n) is 10.0. The van der Waals surface area contributed by atoms with Gasteiger partial charge in [-0.2, -0.15) is 0 Å². The summed E-state index contributed by atoms with van der Waals surface area (Å²) in [5.41, 5.74) is 1.63. The molecule has 152 valence electrons. The number of hydrogen-bond acceptors (Lipinski definition) is 5. The van der Waals surface area contributed by atoms with Crippen LogP contribution in [0.25, 0.3) is 0 Å². The van der Waals surface area contributed by atoms with E-state index in [-0.39, 0.29) is 24.1 Å². The van der Waals surface area contributed by atoms with Crippen molar-refractivity contribution in [3.63, 3.8) is 0 Å². The highest BCUT2D eigenvalue weighted by Gasteiger charge is 2.44. The van der Waals surface area contributed by atoms with Gasteiger partial charge >= 0.3 is 0 Å². The molecular formula is C21H29N3O4. The van der Waals surface area contributed by atoms with Crippen molar-refractivity contribution in [2.75, 3.05) is 44.3 Å². The van der Waals surface area contributed by atoms with E-state index < -0.39 is 6.04 Å². The van der Waals surface area contributed by atoms with Crippen LogP contribution >= 0.6 is 0 Å². The summed E-state index contributed by atoms with van der Waals surface area (Å²) in [7, 11) is 0.